The number of nitrogens with one attached hydrogen (secondary N) is 2. The number of likely N-dealkylation sites (N-methyl/N-ethyl adjacent to an activating group) is 1. The third-order valence-electron chi connectivity index (χ3n) is 10.2. The number of benzene rings is 2. The van der Waals surface area contributed by atoms with Gasteiger partial charge in [0.05, 0.1) is 25.3 Å². The van der Waals surface area contributed by atoms with E-state index < -0.39 is 35.7 Å². The molecule has 4 aliphatic rings. The molecular formula is C36H47N5O9. The number of aryl methyl sites for hydroxylation is 1. The van der Waals surface area contributed by atoms with E-state index in [1.54, 1.807) is 48.8 Å². The van der Waals surface area contributed by atoms with Crippen molar-refractivity contribution in [1.29, 1.82) is 5.26 Å². The van der Waals surface area contributed by atoms with E-state index in [9.17, 15) is 20.0 Å². The third kappa shape index (κ3) is 5.91. The van der Waals surface area contributed by atoms with E-state index in [0.717, 1.165) is 16.7 Å². The molecule has 0 aromatic heterocycles. The Hall–Kier alpha value is -4.45. The van der Waals surface area contributed by atoms with Crippen molar-refractivity contribution in [2.24, 2.45) is 0 Å². The van der Waals surface area contributed by atoms with E-state index in [1.807, 2.05) is 14.0 Å². The van der Waals surface area contributed by atoms with Crippen LogP contribution in [0.1, 0.15) is 73.2 Å². The Labute approximate surface area is 292 Å². The number of alkyl carbamates (subject to hydrolysis) is 1. The Morgan fingerprint density at radius 2 is 1.84 bits per heavy atom. The smallest absolute Gasteiger partial charge is 0.408 e. The van der Waals surface area contributed by atoms with Gasteiger partial charge in [-0.25, -0.2) is 4.79 Å². The molecule has 2 unspecified atom stereocenters. The molecule has 270 valence electrons. The molecule has 4 heterocycles. The molecule has 14 heteroatoms. The number of ether oxygens (including phenoxy) is 6. The van der Waals surface area contributed by atoms with Crippen molar-refractivity contribution >= 4 is 12.0 Å². The summed E-state index contributed by atoms with van der Waals surface area (Å²) in [4.78, 5) is 30.4. The van der Waals surface area contributed by atoms with Crippen molar-refractivity contribution < 1.29 is 43.1 Å². The Kier molecular flexibility index (Phi) is 9.45. The second-order valence-corrected chi connectivity index (χ2v) is 14.4. The maximum Gasteiger partial charge on any atom is 0.408 e. The largest absolute Gasteiger partial charge is 0.507 e. The number of nitrogens with zero attached hydrogens (tertiary/aromatic N) is 3. The fraction of sp³-hybridized carbons (Fsp3) is 0.583. The molecular weight excluding hydrogens is 646 g/mol. The Balaban J connectivity index is 1.46. The van der Waals surface area contributed by atoms with Gasteiger partial charge in [-0.2, -0.15) is 5.26 Å². The predicted octanol–water partition coefficient (Wildman–Crippen LogP) is 3.53. The highest BCUT2D eigenvalue weighted by Crippen LogP contribution is 2.58. The summed E-state index contributed by atoms with van der Waals surface area (Å²) in [6.07, 6.45) is 0.232. The number of amides is 2. The zero-order valence-corrected chi connectivity index (χ0v) is 30.1. The van der Waals surface area contributed by atoms with Gasteiger partial charge in [-0.15, -0.1) is 0 Å². The molecule has 0 spiro atoms. The van der Waals surface area contributed by atoms with Crippen molar-refractivity contribution in [2.75, 3.05) is 41.4 Å². The molecule has 0 radical (unpaired) electrons. The normalized spacial score (nSPS) is 24.2. The monoisotopic (exact) mass is 693 g/mol. The lowest BCUT2D eigenvalue weighted by Gasteiger charge is -2.60. The number of nitriles is 1. The van der Waals surface area contributed by atoms with Crippen LogP contribution >= 0.6 is 0 Å². The van der Waals surface area contributed by atoms with Gasteiger partial charge in [0.1, 0.15) is 23.4 Å². The van der Waals surface area contributed by atoms with Gasteiger partial charge < -0.3 is 44.2 Å². The molecule has 1 saturated heterocycles. The van der Waals surface area contributed by atoms with E-state index >= 15 is 0 Å². The van der Waals surface area contributed by atoms with Crippen molar-refractivity contribution in [1.82, 2.24) is 20.4 Å². The van der Waals surface area contributed by atoms with Crippen molar-refractivity contribution in [2.45, 2.75) is 96.2 Å². The minimum absolute atomic E-state index is 0.0117. The summed E-state index contributed by atoms with van der Waals surface area (Å²) in [7, 11) is 5.20. The number of fused-ring (bicyclic) bond motifs is 9. The highest BCUT2D eigenvalue weighted by Gasteiger charge is 2.57. The number of aromatic hydroxyl groups is 1. The van der Waals surface area contributed by atoms with Crippen LogP contribution in [0.25, 0.3) is 0 Å². The van der Waals surface area contributed by atoms with Gasteiger partial charge in [0.2, 0.25) is 12.7 Å². The summed E-state index contributed by atoms with van der Waals surface area (Å²) in [6, 6.07) is 1.73. The van der Waals surface area contributed by atoms with Crippen molar-refractivity contribution in [3.05, 3.63) is 39.4 Å². The first-order valence-corrected chi connectivity index (χ1v) is 16.8. The van der Waals surface area contributed by atoms with E-state index in [-0.39, 0.29) is 44.0 Å². The average Bonchev–Trinajstić information content (AvgIpc) is 3.54. The lowest BCUT2D eigenvalue weighted by atomic mass is 9.71. The lowest BCUT2D eigenvalue weighted by molar-refractivity contribution is -0.123. The van der Waals surface area contributed by atoms with Gasteiger partial charge in [0.15, 0.2) is 29.8 Å². The van der Waals surface area contributed by atoms with Gasteiger partial charge in [-0.1, -0.05) is 6.07 Å². The predicted molar refractivity (Wildman–Crippen MR) is 181 cm³/mol. The standard InChI is InChI=1S/C36H47N5O9/c1-17-10-20-11-22-24(13-37)41-23(28(40(22)7)26(20)32(30(17)46-9)47-15-45-8)12-21-27(33-31(48-16-49-33)18(2)29(21)42)25(41)14-38-34(43)19(3)39-35(44)50-36(4,5)6/h10,19,22-25,28,42H,11-12,14-16H2,1-9H3,(H,38,43)(H,39,44)/t19-,22-,23?,24?,25-,28-/m0/s1. The van der Waals surface area contributed by atoms with Gasteiger partial charge >= 0.3 is 6.09 Å². The van der Waals surface area contributed by atoms with Crippen molar-refractivity contribution in [3.63, 3.8) is 0 Å². The van der Waals surface area contributed by atoms with Crippen LogP contribution in [0.2, 0.25) is 0 Å². The number of phenols is 1. The zero-order chi connectivity index (χ0) is 36.2. The SMILES string of the molecule is COCOc1c(OC)c(C)cc2c1[C@@H]1C3Cc4c(O)c(C)c5c(c4[C@H](CNC(=O)[C@H](C)NC(=O)OC(C)(C)C)N3C(C#N)[C@H](C2)N1C)OCO5. The van der Waals surface area contributed by atoms with E-state index in [1.165, 1.54) is 0 Å². The Morgan fingerprint density at radius 3 is 2.50 bits per heavy atom. The first-order chi connectivity index (χ1) is 23.7. The van der Waals surface area contributed by atoms with Crippen LogP contribution in [0.5, 0.6) is 28.7 Å². The average molecular weight is 694 g/mol. The Bertz CT molecular complexity index is 1730. The van der Waals surface area contributed by atoms with E-state index in [4.69, 9.17) is 28.4 Å². The highest BCUT2D eigenvalue weighted by atomic mass is 16.7. The summed E-state index contributed by atoms with van der Waals surface area (Å²) < 4.78 is 34.7. The molecule has 50 heavy (non-hydrogen) atoms. The van der Waals surface area contributed by atoms with E-state index in [0.29, 0.717) is 52.5 Å². The molecule has 14 nitrogen and oxygen atoms in total. The molecule has 0 saturated carbocycles. The second-order valence-electron chi connectivity index (χ2n) is 14.4. The van der Waals surface area contributed by atoms with Gasteiger partial charge in [0.25, 0.3) is 0 Å². The minimum atomic E-state index is -0.915. The number of carbonyl (C=O) groups is 2. The Morgan fingerprint density at radius 1 is 1.12 bits per heavy atom. The summed E-state index contributed by atoms with van der Waals surface area (Å²) in [5.74, 6) is 1.78. The molecule has 6 atom stereocenters. The van der Waals surface area contributed by atoms with Gasteiger partial charge in [-0.3, -0.25) is 14.6 Å². The molecule has 2 amide bonds. The maximum absolute atomic E-state index is 13.5. The van der Waals surface area contributed by atoms with Crippen LogP contribution in [0.3, 0.4) is 0 Å². The number of methoxy groups -OCH3 is 2. The van der Waals surface area contributed by atoms with Gasteiger partial charge in [-0.05, 0) is 72.6 Å². The summed E-state index contributed by atoms with van der Waals surface area (Å²) >= 11 is 0. The first-order valence-electron chi connectivity index (χ1n) is 16.8. The molecule has 2 aromatic carbocycles. The third-order valence-corrected chi connectivity index (χ3v) is 10.2. The van der Waals surface area contributed by atoms with Crippen LogP contribution in [0.15, 0.2) is 6.07 Å². The van der Waals surface area contributed by atoms with Crippen LogP contribution < -0.4 is 29.6 Å². The molecule has 6 rings (SSSR count). The summed E-state index contributed by atoms with van der Waals surface area (Å²) in [5, 5.41) is 28.2. The molecule has 2 bridgehead atoms. The quantitative estimate of drug-likeness (QED) is 0.345. The van der Waals surface area contributed by atoms with E-state index in [2.05, 4.69) is 32.6 Å². The van der Waals surface area contributed by atoms with Crippen LogP contribution in [0.4, 0.5) is 4.79 Å². The first kappa shape index (κ1) is 35.4. The van der Waals surface area contributed by atoms with Gasteiger partial charge in [0, 0.05) is 48.0 Å². The fourth-order valence-corrected chi connectivity index (χ4v) is 8.18. The van der Waals surface area contributed by atoms with Crippen LogP contribution in [-0.2, 0) is 27.1 Å². The summed E-state index contributed by atoms with van der Waals surface area (Å²) in [5.41, 5.74) is 4.08. The molecule has 2 aromatic rings. The van der Waals surface area contributed by atoms with Crippen LogP contribution in [-0.4, -0.2) is 98.1 Å². The molecule has 1 fully saturated rings. The topological polar surface area (TPSA) is 164 Å². The molecule has 0 aliphatic carbocycles. The maximum atomic E-state index is 13.5. The van der Waals surface area contributed by atoms with Crippen molar-refractivity contribution in [3.8, 4) is 34.8 Å². The number of phenolic OH excluding ortho intramolecular Hbond substituents is 1. The highest BCUT2D eigenvalue weighted by molar-refractivity contribution is 5.85. The summed E-state index contributed by atoms with van der Waals surface area (Å²) in [6.45, 7) is 10.6. The number of carbonyl (C=O) groups excluding carboxylic acids is 2. The number of piperazine rings is 1. The fourth-order valence-electron chi connectivity index (χ4n) is 8.18. The van der Waals surface area contributed by atoms with Crippen LogP contribution in [0, 0.1) is 25.2 Å². The molecule has 3 N–H and O–H groups in total. The second kappa shape index (κ2) is 13.4. The number of hydrogen-bond acceptors (Lipinski definition) is 12. The molecule has 4 aliphatic heterocycles. The minimum Gasteiger partial charge on any atom is -0.507 e. The zero-order valence-electron chi connectivity index (χ0n) is 30.1. The lowest BCUT2D eigenvalue weighted by Crippen LogP contribution is -2.69. The number of hydrogen-bond donors (Lipinski definition) is 3. The number of rotatable bonds is 8.